The van der Waals surface area contributed by atoms with Gasteiger partial charge in [0, 0.05) is 36.2 Å². The summed E-state index contributed by atoms with van der Waals surface area (Å²) in [6.07, 6.45) is 1.01. The van der Waals surface area contributed by atoms with E-state index >= 15 is 0 Å². The van der Waals surface area contributed by atoms with Gasteiger partial charge in [-0.15, -0.1) is 11.3 Å². The SMILES string of the molecule is Cc1ccc(C(=O)CCC(=O)Nc2nc(CC(C)N)cs2)cc1. The van der Waals surface area contributed by atoms with Crippen LogP contribution in [0.1, 0.15) is 41.4 Å². The summed E-state index contributed by atoms with van der Waals surface area (Å²) < 4.78 is 0. The average molecular weight is 331 g/mol. The third kappa shape index (κ3) is 5.58. The number of ketones is 1. The van der Waals surface area contributed by atoms with Gasteiger partial charge in [0.2, 0.25) is 5.91 Å². The van der Waals surface area contributed by atoms with Gasteiger partial charge in [-0.25, -0.2) is 4.98 Å². The molecule has 1 heterocycles. The number of benzene rings is 1. The minimum absolute atomic E-state index is 0.0306. The van der Waals surface area contributed by atoms with Crippen molar-refractivity contribution in [1.29, 1.82) is 0 Å². The Hall–Kier alpha value is -2.05. The molecule has 0 aliphatic carbocycles. The smallest absolute Gasteiger partial charge is 0.226 e. The topological polar surface area (TPSA) is 85.1 Å². The summed E-state index contributed by atoms with van der Waals surface area (Å²) in [5.74, 6) is -0.232. The van der Waals surface area contributed by atoms with Crippen molar-refractivity contribution >= 4 is 28.2 Å². The number of hydrogen-bond acceptors (Lipinski definition) is 5. The number of aryl methyl sites for hydroxylation is 1. The number of Topliss-reactive ketones (excluding diaryl/α,β-unsaturated/α-hetero) is 1. The summed E-state index contributed by atoms with van der Waals surface area (Å²) in [4.78, 5) is 28.3. The number of thiazole rings is 1. The van der Waals surface area contributed by atoms with Gasteiger partial charge in [0.25, 0.3) is 0 Å². The molecule has 1 unspecified atom stereocenters. The van der Waals surface area contributed by atoms with Crippen molar-refractivity contribution in [1.82, 2.24) is 4.98 Å². The predicted molar refractivity (Wildman–Crippen MR) is 92.8 cm³/mol. The number of hydrogen-bond donors (Lipinski definition) is 2. The van der Waals surface area contributed by atoms with Crippen LogP contribution in [0.3, 0.4) is 0 Å². The lowest BCUT2D eigenvalue weighted by molar-refractivity contribution is -0.116. The molecule has 0 aliphatic heterocycles. The van der Waals surface area contributed by atoms with Gasteiger partial charge in [-0.2, -0.15) is 0 Å². The first-order valence-electron chi connectivity index (χ1n) is 7.53. The zero-order chi connectivity index (χ0) is 16.8. The lowest BCUT2D eigenvalue weighted by atomic mass is 10.1. The van der Waals surface area contributed by atoms with Crippen molar-refractivity contribution in [3.63, 3.8) is 0 Å². The highest BCUT2D eigenvalue weighted by Crippen LogP contribution is 2.17. The molecule has 5 nitrogen and oxygen atoms in total. The highest BCUT2D eigenvalue weighted by molar-refractivity contribution is 7.13. The number of carbonyl (C=O) groups excluding carboxylic acids is 2. The van der Waals surface area contributed by atoms with E-state index in [1.807, 2.05) is 31.4 Å². The van der Waals surface area contributed by atoms with E-state index in [4.69, 9.17) is 5.73 Å². The number of anilines is 1. The van der Waals surface area contributed by atoms with Gasteiger partial charge in [-0.1, -0.05) is 29.8 Å². The Kier molecular flexibility index (Phi) is 6.01. The van der Waals surface area contributed by atoms with Crippen molar-refractivity contribution in [3.8, 4) is 0 Å². The predicted octanol–water partition coefficient (Wildman–Crippen LogP) is 2.94. The normalized spacial score (nSPS) is 12.0. The second-order valence-corrected chi connectivity index (χ2v) is 6.52. The van der Waals surface area contributed by atoms with Crippen LogP contribution in [0.5, 0.6) is 0 Å². The van der Waals surface area contributed by atoms with Crippen molar-refractivity contribution in [2.24, 2.45) is 5.73 Å². The zero-order valence-corrected chi connectivity index (χ0v) is 14.2. The molecule has 0 radical (unpaired) electrons. The van der Waals surface area contributed by atoms with Gasteiger partial charge in [0.1, 0.15) is 0 Å². The Labute approximate surface area is 139 Å². The van der Waals surface area contributed by atoms with Crippen LogP contribution in [-0.4, -0.2) is 22.7 Å². The Morgan fingerprint density at radius 1 is 1.26 bits per heavy atom. The fraction of sp³-hybridized carbons (Fsp3) is 0.353. The van der Waals surface area contributed by atoms with Crippen LogP contribution in [0, 0.1) is 6.92 Å². The molecule has 0 saturated carbocycles. The summed E-state index contributed by atoms with van der Waals surface area (Å²) in [6.45, 7) is 3.88. The second-order valence-electron chi connectivity index (χ2n) is 5.66. The van der Waals surface area contributed by atoms with Crippen LogP contribution >= 0.6 is 11.3 Å². The largest absolute Gasteiger partial charge is 0.328 e. The fourth-order valence-corrected chi connectivity index (χ4v) is 2.82. The second kappa shape index (κ2) is 7.99. The lowest BCUT2D eigenvalue weighted by Crippen LogP contribution is -2.18. The molecule has 0 spiro atoms. The fourth-order valence-electron chi connectivity index (χ4n) is 2.08. The van der Waals surface area contributed by atoms with E-state index in [0.717, 1.165) is 11.3 Å². The van der Waals surface area contributed by atoms with Crippen molar-refractivity contribution in [3.05, 3.63) is 46.5 Å². The molecule has 6 heteroatoms. The third-order valence-electron chi connectivity index (χ3n) is 3.28. The molecule has 2 rings (SSSR count). The average Bonchev–Trinajstić information content (AvgIpc) is 2.91. The third-order valence-corrected chi connectivity index (χ3v) is 4.09. The van der Waals surface area contributed by atoms with Gasteiger partial charge >= 0.3 is 0 Å². The first-order chi connectivity index (χ1) is 10.9. The molecule has 122 valence electrons. The highest BCUT2D eigenvalue weighted by atomic mass is 32.1. The number of amides is 1. The molecule has 0 aliphatic rings. The van der Waals surface area contributed by atoms with Gasteiger partial charge in [-0.05, 0) is 13.8 Å². The molecule has 0 fully saturated rings. The molecular formula is C17H21N3O2S. The van der Waals surface area contributed by atoms with Gasteiger partial charge in [0.05, 0.1) is 5.69 Å². The molecule has 1 amide bonds. The molecule has 1 aromatic carbocycles. The molecule has 23 heavy (non-hydrogen) atoms. The minimum atomic E-state index is -0.202. The summed E-state index contributed by atoms with van der Waals surface area (Å²) in [7, 11) is 0. The molecular weight excluding hydrogens is 310 g/mol. The van der Waals surface area contributed by atoms with E-state index in [2.05, 4.69) is 10.3 Å². The number of carbonyl (C=O) groups is 2. The van der Waals surface area contributed by atoms with E-state index in [-0.39, 0.29) is 30.6 Å². The maximum absolute atomic E-state index is 12.0. The maximum atomic E-state index is 12.0. The maximum Gasteiger partial charge on any atom is 0.226 e. The van der Waals surface area contributed by atoms with Crippen LogP contribution in [0.4, 0.5) is 5.13 Å². The summed E-state index contributed by atoms with van der Waals surface area (Å²) >= 11 is 1.37. The Bertz CT molecular complexity index is 677. The minimum Gasteiger partial charge on any atom is -0.328 e. The summed E-state index contributed by atoms with van der Waals surface area (Å²) in [5.41, 5.74) is 8.33. The monoisotopic (exact) mass is 331 g/mol. The van der Waals surface area contributed by atoms with Crippen LogP contribution < -0.4 is 11.1 Å². The number of nitrogens with two attached hydrogens (primary N) is 1. The first kappa shape index (κ1) is 17.3. The van der Waals surface area contributed by atoms with E-state index < -0.39 is 0 Å². The molecule has 2 aromatic rings. The summed E-state index contributed by atoms with van der Waals surface area (Å²) in [5, 5.41) is 5.16. The zero-order valence-electron chi connectivity index (χ0n) is 13.3. The summed E-state index contributed by atoms with van der Waals surface area (Å²) in [6, 6.07) is 7.40. The van der Waals surface area contributed by atoms with Crippen LogP contribution in [0.15, 0.2) is 29.6 Å². The van der Waals surface area contributed by atoms with E-state index in [0.29, 0.717) is 17.1 Å². The van der Waals surface area contributed by atoms with E-state index in [1.165, 1.54) is 11.3 Å². The lowest BCUT2D eigenvalue weighted by Gasteiger charge is -2.03. The molecule has 1 atom stereocenters. The Morgan fingerprint density at radius 2 is 1.96 bits per heavy atom. The molecule has 3 N–H and O–H groups in total. The highest BCUT2D eigenvalue weighted by Gasteiger charge is 2.11. The standard InChI is InChI=1S/C17H21N3O2S/c1-11-3-5-13(6-4-11)15(21)7-8-16(22)20-17-19-14(10-23-17)9-12(2)18/h3-6,10,12H,7-9,18H2,1-2H3,(H,19,20,22). The van der Waals surface area contributed by atoms with Gasteiger partial charge in [0.15, 0.2) is 10.9 Å². The quantitative estimate of drug-likeness (QED) is 0.764. The number of nitrogens with zero attached hydrogens (tertiary/aromatic N) is 1. The van der Waals surface area contributed by atoms with Crippen molar-refractivity contribution in [2.45, 2.75) is 39.2 Å². The number of rotatable bonds is 7. The van der Waals surface area contributed by atoms with Crippen LogP contribution in [0.25, 0.3) is 0 Å². The van der Waals surface area contributed by atoms with Gasteiger partial charge < -0.3 is 11.1 Å². The molecule has 1 aromatic heterocycles. The van der Waals surface area contributed by atoms with Crippen LogP contribution in [0.2, 0.25) is 0 Å². The van der Waals surface area contributed by atoms with Crippen molar-refractivity contribution < 1.29 is 9.59 Å². The molecule has 0 saturated heterocycles. The Morgan fingerprint density at radius 3 is 2.61 bits per heavy atom. The number of nitrogens with one attached hydrogen (secondary N) is 1. The van der Waals surface area contributed by atoms with Crippen molar-refractivity contribution in [2.75, 3.05) is 5.32 Å². The first-order valence-corrected chi connectivity index (χ1v) is 8.41. The van der Waals surface area contributed by atoms with Gasteiger partial charge in [-0.3, -0.25) is 9.59 Å². The van der Waals surface area contributed by atoms with E-state index in [9.17, 15) is 9.59 Å². The van der Waals surface area contributed by atoms with E-state index in [1.54, 1.807) is 12.1 Å². The molecule has 0 bridgehead atoms. The number of aromatic nitrogens is 1. The van der Waals surface area contributed by atoms with Crippen LogP contribution in [-0.2, 0) is 11.2 Å². The Balaban J connectivity index is 1.81.